The molecule has 0 spiro atoms. The number of ether oxygens (including phenoxy) is 4. The highest BCUT2D eigenvalue weighted by atomic mass is 16.5. The molecule has 0 amide bonds. The summed E-state index contributed by atoms with van der Waals surface area (Å²) in [4.78, 5) is 47.9. The zero-order chi connectivity index (χ0) is 69.7. The molecule has 0 atom stereocenters. The third kappa shape index (κ3) is 89.9. The molecule has 0 heterocycles. The number of esters is 4. The molecular weight excluding hydrogens is 1180 g/mol. The van der Waals surface area contributed by atoms with E-state index in [9.17, 15) is 19.2 Å². The van der Waals surface area contributed by atoms with Gasteiger partial charge in [-0.05, 0) is 51.4 Å². The molecule has 0 aliphatic rings. The maximum absolute atomic E-state index is 12.0. The van der Waals surface area contributed by atoms with E-state index in [4.69, 9.17) is 18.9 Å². The molecular formula is C88H172O8. The molecule has 0 saturated carbocycles. The fourth-order valence-corrected chi connectivity index (χ4v) is 13.4. The summed E-state index contributed by atoms with van der Waals surface area (Å²) in [5.74, 6) is -0.122. The van der Waals surface area contributed by atoms with Gasteiger partial charge in [-0.3, -0.25) is 19.2 Å². The van der Waals surface area contributed by atoms with E-state index in [1.165, 1.54) is 360 Å². The Morgan fingerprint density at radius 1 is 0.135 bits per heavy atom. The number of hydrogen-bond acceptors (Lipinski definition) is 8. The van der Waals surface area contributed by atoms with Crippen molar-refractivity contribution in [3.05, 3.63) is 0 Å². The standard InChI is InChI=1S/C46H90O4.C42H82O4/c1-3-5-7-9-11-13-15-17-19-21-23-25-27-31-35-39-43-49-45(47)41-37-33-29-30-34-38-42-46(48)50-44-40-36-32-28-26-24-22-20-18-16-14-12-10-8-6-4-2;1-3-5-7-9-11-13-15-17-19-21-23-27-31-35-39-45-41(43)37-33-29-25-26-30-34-38-42(44)46-40-36-32-28-24-22-20-18-16-14-12-10-8-6-4-2/h3-44H2,1-2H3;3-40H2,1-2H3. The average Bonchev–Trinajstić information content (AvgIpc) is 3.72. The largest absolute Gasteiger partial charge is 0.466 e. The molecule has 0 fully saturated rings. The summed E-state index contributed by atoms with van der Waals surface area (Å²) in [5, 5.41) is 0. The zero-order valence-electron chi connectivity index (χ0n) is 65.8. The van der Waals surface area contributed by atoms with Crippen LogP contribution in [0.3, 0.4) is 0 Å². The van der Waals surface area contributed by atoms with E-state index in [1.807, 2.05) is 0 Å². The second-order valence-corrected chi connectivity index (χ2v) is 29.9. The first-order valence-electron chi connectivity index (χ1n) is 44.0. The number of hydrogen-bond donors (Lipinski definition) is 0. The van der Waals surface area contributed by atoms with E-state index in [1.54, 1.807) is 0 Å². The van der Waals surface area contributed by atoms with Gasteiger partial charge in [-0.15, -0.1) is 0 Å². The van der Waals surface area contributed by atoms with Gasteiger partial charge in [0.2, 0.25) is 0 Å². The van der Waals surface area contributed by atoms with Gasteiger partial charge in [-0.1, -0.05) is 439 Å². The molecule has 8 nitrogen and oxygen atoms in total. The fraction of sp³-hybridized carbons (Fsp3) is 0.955. The lowest BCUT2D eigenvalue weighted by atomic mass is 10.0. The number of rotatable bonds is 82. The van der Waals surface area contributed by atoms with Crippen molar-refractivity contribution in [2.75, 3.05) is 26.4 Å². The Bertz CT molecular complexity index is 1370. The van der Waals surface area contributed by atoms with Crippen LogP contribution in [0.15, 0.2) is 0 Å². The Balaban J connectivity index is 0. The minimum atomic E-state index is -0.0313. The van der Waals surface area contributed by atoms with Gasteiger partial charge in [-0.2, -0.15) is 0 Å². The highest BCUT2D eigenvalue weighted by molar-refractivity contribution is 5.70. The summed E-state index contributed by atoms with van der Waals surface area (Å²) >= 11 is 0. The molecule has 0 bridgehead atoms. The summed E-state index contributed by atoms with van der Waals surface area (Å²) in [6.45, 7) is 11.5. The zero-order valence-corrected chi connectivity index (χ0v) is 65.8. The molecule has 0 saturated heterocycles. The second-order valence-electron chi connectivity index (χ2n) is 29.9. The van der Waals surface area contributed by atoms with Gasteiger partial charge in [0, 0.05) is 25.7 Å². The Kier molecular flexibility index (Phi) is 88.9. The van der Waals surface area contributed by atoms with Crippen molar-refractivity contribution >= 4 is 23.9 Å². The van der Waals surface area contributed by atoms with Crippen LogP contribution in [0, 0.1) is 0 Å². The van der Waals surface area contributed by atoms with Crippen molar-refractivity contribution in [3.8, 4) is 0 Å². The van der Waals surface area contributed by atoms with Gasteiger partial charge < -0.3 is 18.9 Å². The van der Waals surface area contributed by atoms with Crippen LogP contribution in [0.4, 0.5) is 0 Å². The quantitative estimate of drug-likeness (QED) is 0.0337. The van der Waals surface area contributed by atoms with E-state index in [0.717, 1.165) is 103 Å². The molecule has 8 heteroatoms. The van der Waals surface area contributed by atoms with Crippen molar-refractivity contribution in [2.24, 2.45) is 0 Å². The topological polar surface area (TPSA) is 105 Å². The lowest BCUT2D eigenvalue weighted by Gasteiger charge is -2.06. The minimum Gasteiger partial charge on any atom is -0.466 e. The molecule has 0 rings (SSSR count). The van der Waals surface area contributed by atoms with Crippen LogP contribution < -0.4 is 0 Å². The molecule has 0 unspecified atom stereocenters. The van der Waals surface area contributed by atoms with Gasteiger partial charge in [0.05, 0.1) is 26.4 Å². The first-order chi connectivity index (χ1) is 47.4. The normalized spacial score (nSPS) is 11.3. The summed E-state index contributed by atoms with van der Waals surface area (Å²) in [6.07, 6.45) is 95.6. The number of carbonyl (C=O) groups is 4. The first kappa shape index (κ1) is 95.9. The monoisotopic (exact) mass is 1360 g/mol. The highest BCUT2D eigenvalue weighted by Gasteiger charge is 2.08. The third-order valence-corrected chi connectivity index (χ3v) is 20.1. The third-order valence-electron chi connectivity index (χ3n) is 20.1. The lowest BCUT2D eigenvalue weighted by Crippen LogP contribution is -2.06. The predicted molar refractivity (Wildman–Crippen MR) is 417 cm³/mol. The van der Waals surface area contributed by atoms with E-state index >= 15 is 0 Å². The molecule has 0 aromatic heterocycles. The molecule has 0 N–H and O–H groups in total. The molecule has 0 aliphatic heterocycles. The van der Waals surface area contributed by atoms with Crippen molar-refractivity contribution in [1.29, 1.82) is 0 Å². The predicted octanol–water partition coefficient (Wildman–Crippen LogP) is 29.9. The first-order valence-corrected chi connectivity index (χ1v) is 44.0. The van der Waals surface area contributed by atoms with Gasteiger partial charge >= 0.3 is 23.9 Å². The van der Waals surface area contributed by atoms with Crippen LogP contribution >= 0.6 is 0 Å². The second kappa shape index (κ2) is 89.0. The summed E-state index contributed by atoms with van der Waals surface area (Å²) < 4.78 is 21.7. The highest BCUT2D eigenvalue weighted by Crippen LogP contribution is 2.20. The van der Waals surface area contributed by atoms with Crippen LogP contribution in [0.1, 0.15) is 516 Å². The smallest absolute Gasteiger partial charge is 0.305 e. The van der Waals surface area contributed by atoms with E-state index in [0.29, 0.717) is 52.1 Å². The van der Waals surface area contributed by atoms with E-state index in [-0.39, 0.29) is 23.9 Å². The maximum Gasteiger partial charge on any atom is 0.305 e. The van der Waals surface area contributed by atoms with Crippen LogP contribution in [-0.2, 0) is 38.1 Å². The number of unbranched alkanes of at least 4 members (excludes halogenated alkanes) is 66. The maximum atomic E-state index is 12.0. The Labute approximate surface area is 601 Å². The van der Waals surface area contributed by atoms with Gasteiger partial charge in [-0.25, -0.2) is 0 Å². The molecule has 572 valence electrons. The Hall–Kier alpha value is -2.12. The molecule has 96 heavy (non-hydrogen) atoms. The molecule has 0 aromatic rings. The van der Waals surface area contributed by atoms with Crippen LogP contribution in [0.2, 0.25) is 0 Å². The van der Waals surface area contributed by atoms with Gasteiger partial charge in [0.1, 0.15) is 0 Å². The summed E-state index contributed by atoms with van der Waals surface area (Å²) in [5.41, 5.74) is 0. The van der Waals surface area contributed by atoms with Crippen LogP contribution in [0.5, 0.6) is 0 Å². The summed E-state index contributed by atoms with van der Waals surface area (Å²) in [7, 11) is 0. The van der Waals surface area contributed by atoms with Crippen LogP contribution in [-0.4, -0.2) is 50.3 Å². The lowest BCUT2D eigenvalue weighted by molar-refractivity contribution is -0.144. The Morgan fingerprint density at radius 3 is 0.344 bits per heavy atom. The van der Waals surface area contributed by atoms with Crippen molar-refractivity contribution in [1.82, 2.24) is 0 Å². The van der Waals surface area contributed by atoms with Gasteiger partial charge in [0.25, 0.3) is 0 Å². The fourth-order valence-electron chi connectivity index (χ4n) is 13.4. The van der Waals surface area contributed by atoms with E-state index in [2.05, 4.69) is 27.7 Å². The number of carbonyl (C=O) groups excluding carboxylic acids is 4. The molecule has 0 aromatic carbocycles. The summed E-state index contributed by atoms with van der Waals surface area (Å²) in [6, 6.07) is 0. The molecule has 0 radical (unpaired) electrons. The van der Waals surface area contributed by atoms with Crippen molar-refractivity contribution in [2.45, 2.75) is 516 Å². The van der Waals surface area contributed by atoms with Crippen LogP contribution in [0.25, 0.3) is 0 Å². The van der Waals surface area contributed by atoms with E-state index < -0.39 is 0 Å². The van der Waals surface area contributed by atoms with Gasteiger partial charge in [0.15, 0.2) is 0 Å². The van der Waals surface area contributed by atoms with Crippen molar-refractivity contribution in [3.63, 3.8) is 0 Å². The minimum absolute atomic E-state index is 0.0296. The Morgan fingerprint density at radius 2 is 0.229 bits per heavy atom. The SMILES string of the molecule is CCCCCCCCCCCCCCCCCCOC(=O)CCCCCCCCC(=O)OCCCCCCCCCCCCCCCCCC.CCCCCCCCCCCCCCCCOC(=O)CCCCCCCCC(=O)OCCCCCCCCCCCCCCCC. The van der Waals surface area contributed by atoms with Crippen molar-refractivity contribution < 1.29 is 38.1 Å². The average molecular weight is 1360 g/mol. The molecule has 0 aliphatic carbocycles.